The van der Waals surface area contributed by atoms with Crippen molar-refractivity contribution in [3.8, 4) is 11.1 Å². The first-order valence-corrected chi connectivity index (χ1v) is 28.6. The summed E-state index contributed by atoms with van der Waals surface area (Å²) < 4.78 is 6.45. The monoisotopic (exact) mass is 690 g/mol. The van der Waals surface area contributed by atoms with E-state index in [-0.39, 0.29) is 35.6 Å². The van der Waals surface area contributed by atoms with Crippen LogP contribution in [0.15, 0.2) is 97.1 Å². The Bertz CT molecular complexity index is 1680. The summed E-state index contributed by atoms with van der Waals surface area (Å²) in [6.07, 6.45) is 2.68. The van der Waals surface area contributed by atoms with E-state index in [0.717, 1.165) is 0 Å². The maximum atomic E-state index is 2.75. The minimum atomic E-state index is -3.69. The van der Waals surface area contributed by atoms with Gasteiger partial charge in [-0.2, -0.15) is 0 Å². The molecule has 0 saturated heterocycles. The number of rotatable bonds is 3. The van der Waals surface area contributed by atoms with Gasteiger partial charge in [0, 0.05) is 0 Å². The number of benzene rings is 4. The van der Waals surface area contributed by atoms with Crippen LogP contribution >= 0.6 is 24.8 Å². The molecule has 1 atom stereocenters. The van der Waals surface area contributed by atoms with Crippen molar-refractivity contribution in [2.24, 2.45) is 0 Å². The molecule has 0 spiro atoms. The molecule has 0 N–H and O–H groups in total. The van der Waals surface area contributed by atoms with Crippen LogP contribution in [0.5, 0.6) is 0 Å². The first-order chi connectivity index (χ1) is 18.7. The minimum absolute atomic E-state index is 0. The van der Waals surface area contributed by atoms with Gasteiger partial charge in [-0.3, -0.25) is 0 Å². The van der Waals surface area contributed by atoms with Crippen molar-refractivity contribution in [1.82, 2.24) is 0 Å². The quantitative estimate of drug-likeness (QED) is 0.188. The summed E-state index contributed by atoms with van der Waals surface area (Å²) in [5.74, 6) is 0. The maximum Gasteiger partial charge on any atom is -0.147 e. The Kier molecular flexibility index (Phi) is 8.72. The second kappa shape index (κ2) is 11.0. The van der Waals surface area contributed by atoms with Gasteiger partial charge in [-0.25, -0.2) is 0 Å². The predicted molar refractivity (Wildman–Crippen MR) is 189 cm³/mol. The fourth-order valence-electron chi connectivity index (χ4n) is 7.41. The van der Waals surface area contributed by atoms with Gasteiger partial charge in [0.1, 0.15) is 0 Å². The van der Waals surface area contributed by atoms with Gasteiger partial charge >= 0.3 is 246 Å². The molecule has 6 rings (SSSR count). The second-order valence-corrected chi connectivity index (χ2v) is 46.1. The number of hydrogen-bond acceptors (Lipinski definition) is 0. The Labute approximate surface area is 268 Å². The first kappa shape index (κ1) is 33.2. The third-order valence-corrected chi connectivity index (χ3v) is 27.1. The van der Waals surface area contributed by atoms with Crippen LogP contribution < -0.4 is 0 Å². The van der Waals surface area contributed by atoms with Gasteiger partial charge in [-0.1, -0.05) is 0 Å². The van der Waals surface area contributed by atoms with E-state index in [9.17, 15) is 0 Å². The Morgan fingerprint density at radius 2 is 1.05 bits per heavy atom. The molecule has 2 aliphatic rings. The molecule has 0 radical (unpaired) electrons. The molecule has 42 heavy (non-hydrogen) atoms. The van der Waals surface area contributed by atoms with E-state index in [4.69, 9.17) is 0 Å². The van der Waals surface area contributed by atoms with Crippen LogP contribution in [-0.4, -0.2) is 6.88 Å². The van der Waals surface area contributed by atoms with Crippen molar-refractivity contribution < 1.29 is 17.4 Å². The molecule has 0 fully saturated rings. The van der Waals surface area contributed by atoms with Crippen molar-refractivity contribution >= 4 is 37.3 Å². The molecule has 0 nitrogen and oxygen atoms in total. The van der Waals surface area contributed by atoms with Crippen LogP contribution in [0.1, 0.15) is 87.7 Å². The zero-order valence-corrected chi connectivity index (χ0v) is 31.9. The summed E-state index contributed by atoms with van der Waals surface area (Å²) in [5.41, 5.74) is 14.9. The Morgan fingerprint density at radius 3 is 1.55 bits per heavy atom. The van der Waals surface area contributed by atoms with Crippen LogP contribution in [0, 0.1) is 0 Å². The summed E-state index contributed by atoms with van der Waals surface area (Å²) in [6, 6.07) is 35.1. The van der Waals surface area contributed by atoms with E-state index in [1.807, 2.05) is 0 Å². The third-order valence-electron chi connectivity index (χ3n) is 9.72. The van der Waals surface area contributed by atoms with Crippen LogP contribution in [0.4, 0.5) is 0 Å². The predicted octanol–water partition coefficient (Wildman–Crippen LogP) is 10.7. The zero-order chi connectivity index (χ0) is 28.7. The average Bonchev–Trinajstić information content (AvgIpc) is 3.45. The van der Waals surface area contributed by atoms with Crippen molar-refractivity contribution in [1.29, 1.82) is 0 Å². The normalized spacial score (nSPS) is 16.5. The topological polar surface area (TPSA) is 0 Å². The fraction of sp³-hybridized carbons (Fsp3) is 0.316. The molecule has 0 saturated carbocycles. The van der Waals surface area contributed by atoms with Crippen LogP contribution in [0.25, 0.3) is 16.7 Å². The molecule has 2 aliphatic carbocycles. The van der Waals surface area contributed by atoms with E-state index in [0.29, 0.717) is 7.25 Å². The van der Waals surface area contributed by atoms with Gasteiger partial charge < -0.3 is 0 Å². The van der Waals surface area contributed by atoms with Gasteiger partial charge in [0.25, 0.3) is 0 Å². The summed E-state index contributed by atoms with van der Waals surface area (Å²) in [6.45, 7) is 16.5. The molecule has 220 valence electrons. The molecule has 1 unspecified atom stereocenters. The summed E-state index contributed by atoms with van der Waals surface area (Å²) in [4.78, 5) is 0. The summed E-state index contributed by atoms with van der Waals surface area (Å²) in [7, 11) is 0. The standard InChI is InChI=1S/C21H25.C15H11.2CH3.2ClH.H2Si.Zr/c1-20(2,3)16-7-9-18-14(12-16)11-15-13-17(21(4,5)6)8-10-19(15)18;1-2-6-12(7-3-1)15-11-10-13-8-4-5-9-14(13)15;;;;;;/h7-13H,1-6H3;1-11H;2*1H3;2*1H;1H2;. The van der Waals surface area contributed by atoms with Gasteiger partial charge in [0.2, 0.25) is 0 Å². The fourth-order valence-corrected chi connectivity index (χ4v) is 24.0. The second-order valence-electron chi connectivity index (χ2n) is 15.5. The van der Waals surface area contributed by atoms with E-state index in [1.54, 1.807) is 16.7 Å². The van der Waals surface area contributed by atoms with Crippen molar-refractivity contribution in [3.63, 3.8) is 0 Å². The molecular formula is C38H46Cl2SiZr. The van der Waals surface area contributed by atoms with Gasteiger partial charge in [-0.05, 0) is 0 Å². The molecule has 4 aromatic rings. The summed E-state index contributed by atoms with van der Waals surface area (Å²) >= 11 is -3.69. The molecule has 4 heteroatoms. The molecule has 0 aromatic heterocycles. The SMILES string of the molecule is CC(C)(C)c1ccc2c(c1)[CH]([Zr]([CH3])([CH3])(=[SiH2])[CH]1C=C(c3ccccc3)c3ccccc31)c1cc(C(C)(C)C)ccc1-2.Cl.Cl. The largest absolute Gasteiger partial charge is 0.147 e. The number of hydrogen-bond donors (Lipinski definition) is 0. The first-order valence-electron chi connectivity index (χ1n) is 14.9. The third kappa shape index (κ3) is 5.40. The van der Waals surface area contributed by atoms with Gasteiger partial charge in [0.15, 0.2) is 0 Å². The van der Waals surface area contributed by atoms with E-state index in [2.05, 4.69) is 155 Å². The van der Waals surface area contributed by atoms with Crippen molar-refractivity contribution in [2.75, 3.05) is 0 Å². The van der Waals surface area contributed by atoms with Crippen LogP contribution in [0.3, 0.4) is 0 Å². The molecule has 0 amide bonds. The Hall–Kier alpha value is -1.70. The Morgan fingerprint density at radius 1 is 0.571 bits per heavy atom. The van der Waals surface area contributed by atoms with Crippen molar-refractivity contribution in [3.05, 3.63) is 136 Å². The maximum absolute atomic E-state index is 3.69. The number of fused-ring (bicyclic) bond motifs is 4. The zero-order valence-electron chi connectivity index (χ0n) is 26.4. The molecule has 0 bridgehead atoms. The van der Waals surface area contributed by atoms with Gasteiger partial charge in [0.05, 0.1) is 0 Å². The van der Waals surface area contributed by atoms with Crippen LogP contribution in [0.2, 0.25) is 9.26 Å². The number of allylic oxidation sites excluding steroid dienone is 1. The number of halogens is 2. The van der Waals surface area contributed by atoms with Crippen molar-refractivity contribution in [2.45, 2.75) is 68.9 Å². The smallest absolute Gasteiger partial charge is 0.147 e. The minimum Gasteiger partial charge on any atom is -0.147 e. The summed E-state index contributed by atoms with van der Waals surface area (Å²) in [5, 5.41) is 0. The van der Waals surface area contributed by atoms with Crippen LogP contribution in [-0.2, 0) is 28.2 Å². The molecule has 0 aliphatic heterocycles. The van der Waals surface area contributed by atoms with E-state index in [1.165, 1.54) is 39.0 Å². The average molecular weight is 693 g/mol. The molecule has 4 aromatic carbocycles. The molecular weight excluding hydrogens is 647 g/mol. The van der Waals surface area contributed by atoms with E-state index < -0.39 is 17.4 Å². The van der Waals surface area contributed by atoms with Gasteiger partial charge in [-0.15, -0.1) is 24.8 Å². The Balaban J connectivity index is 0.00000202. The molecule has 0 heterocycles. The van der Waals surface area contributed by atoms with E-state index >= 15 is 0 Å².